The van der Waals surface area contributed by atoms with Gasteiger partial charge in [-0.05, 0) is 36.5 Å². The monoisotopic (exact) mass is 226 g/mol. The van der Waals surface area contributed by atoms with Gasteiger partial charge < -0.3 is 10.2 Å². The summed E-state index contributed by atoms with van der Waals surface area (Å²) >= 11 is 1.69. The van der Waals surface area contributed by atoms with Crippen LogP contribution in [0.15, 0.2) is 16.8 Å². The SMILES string of the molecule is CCC(=O)NC[C@H](c1ccsc1)N(C)C. The van der Waals surface area contributed by atoms with E-state index >= 15 is 0 Å². The van der Waals surface area contributed by atoms with Crippen molar-refractivity contribution in [2.24, 2.45) is 0 Å². The Kier molecular flexibility index (Phi) is 4.78. The molecule has 0 aliphatic rings. The zero-order chi connectivity index (χ0) is 11.3. The molecule has 1 heterocycles. The summed E-state index contributed by atoms with van der Waals surface area (Å²) in [7, 11) is 4.06. The Morgan fingerprint density at radius 3 is 2.80 bits per heavy atom. The molecule has 0 aromatic carbocycles. The highest BCUT2D eigenvalue weighted by Crippen LogP contribution is 2.19. The normalized spacial score (nSPS) is 12.8. The van der Waals surface area contributed by atoms with E-state index in [-0.39, 0.29) is 11.9 Å². The molecule has 0 aliphatic heterocycles. The molecule has 0 spiro atoms. The number of hydrogen-bond donors (Lipinski definition) is 1. The number of nitrogens with one attached hydrogen (secondary N) is 1. The van der Waals surface area contributed by atoms with Crippen LogP contribution < -0.4 is 5.32 Å². The van der Waals surface area contributed by atoms with Crippen LogP contribution in [-0.2, 0) is 4.79 Å². The molecule has 1 aromatic heterocycles. The molecule has 1 rings (SSSR count). The van der Waals surface area contributed by atoms with Crippen molar-refractivity contribution in [3.8, 4) is 0 Å². The number of carbonyl (C=O) groups excluding carboxylic acids is 1. The first-order chi connectivity index (χ1) is 7.15. The highest BCUT2D eigenvalue weighted by atomic mass is 32.1. The predicted octanol–water partition coefficient (Wildman–Crippen LogP) is 1.88. The van der Waals surface area contributed by atoms with Crippen molar-refractivity contribution in [3.63, 3.8) is 0 Å². The van der Waals surface area contributed by atoms with Crippen molar-refractivity contribution >= 4 is 17.2 Å². The van der Waals surface area contributed by atoms with Gasteiger partial charge in [-0.25, -0.2) is 0 Å². The fourth-order valence-corrected chi connectivity index (χ4v) is 2.11. The van der Waals surface area contributed by atoms with E-state index in [1.54, 1.807) is 11.3 Å². The maximum absolute atomic E-state index is 11.2. The summed E-state index contributed by atoms with van der Waals surface area (Å²) in [6, 6.07) is 2.37. The molecule has 1 N–H and O–H groups in total. The maximum atomic E-state index is 11.2. The summed E-state index contributed by atoms with van der Waals surface area (Å²) in [5.41, 5.74) is 1.27. The topological polar surface area (TPSA) is 32.3 Å². The summed E-state index contributed by atoms with van der Waals surface area (Å²) < 4.78 is 0. The van der Waals surface area contributed by atoms with Crippen molar-refractivity contribution in [2.45, 2.75) is 19.4 Å². The van der Waals surface area contributed by atoms with Crippen molar-refractivity contribution in [2.75, 3.05) is 20.6 Å². The molecule has 0 saturated carbocycles. The molecular formula is C11H18N2OS. The average Bonchev–Trinajstić information content (AvgIpc) is 2.70. The predicted molar refractivity (Wildman–Crippen MR) is 64.0 cm³/mol. The van der Waals surface area contributed by atoms with Gasteiger partial charge in [-0.15, -0.1) is 0 Å². The van der Waals surface area contributed by atoms with Crippen LogP contribution in [0.4, 0.5) is 0 Å². The fraction of sp³-hybridized carbons (Fsp3) is 0.545. The summed E-state index contributed by atoms with van der Waals surface area (Å²) in [6.07, 6.45) is 0.545. The molecule has 0 aliphatic carbocycles. The highest BCUT2D eigenvalue weighted by molar-refractivity contribution is 7.07. The Balaban J connectivity index is 2.56. The Bertz CT molecular complexity index is 296. The molecule has 1 aromatic rings. The standard InChI is InChI=1S/C11H18N2OS/c1-4-11(14)12-7-10(13(2)3)9-5-6-15-8-9/h5-6,8,10H,4,7H2,1-3H3,(H,12,14)/t10-/m1/s1. The molecule has 0 unspecified atom stereocenters. The number of amides is 1. The molecule has 1 amide bonds. The zero-order valence-corrected chi connectivity index (χ0v) is 10.3. The third-order valence-corrected chi connectivity index (χ3v) is 3.07. The van der Waals surface area contributed by atoms with Gasteiger partial charge in [0.05, 0.1) is 6.04 Å². The van der Waals surface area contributed by atoms with Crippen LogP contribution >= 0.6 is 11.3 Å². The highest BCUT2D eigenvalue weighted by Gasteiger charge is 2.14. The van der Waals surface area contributed by atoms with Gasteiger partial charge >= 0.3 is 0 Å². The van der Waals surface area contributed by atoms with Crippen LogP contribution in [0, 0.1) is 0 Å². The number of hydrogen-bond acceptors (Lipinski definition) is 3. The lowest BCUT2D eigenvalue weighted by atomic mass is 10.1. The summed E-state index contributed by atoms with van der Waals surface area (Å²) in [6.45, 7) is 2.54. The number of likely N-dealkylation sites (N-methyl/N-ethyl adjacent to an activating group) is 1. The Morgan fingerprint density at radius 2 is 2.33 bits per heavy atom. The van der Waals surface area contributed by atoms with Crippen LogP contribution in [0.1, 0.15) is 24.9 Å². The van der Waals surface area contributed by atoms with E-state index in [9.17, 15) is 4.79 Å². The second kappa shape index (κ2) is 5.88. The van der Waals surface area contributed by atoms with Crippen LogP contribution in [0.3, 0.4) is 0 Å². The Hall–Kier alpha value is -0.870. The number of carbonyl (C=O) groups is 1. The lowest BCUT2D eigenvalue weighted by Gasteiger charge is -2.23. The molecule has 0 saturated heterocycles. The van der Waals surface area contributed by atoms with Crippen LogP contribution in [0.5, 0.6) is 0 Å². The number of thiophene rings is 1. The molecule has 4 heteroatoms. The van der Waals surface area contributed by atoms with Crippen molar-refractivity contribution < 1.29 is 4.79 Å². The minimum atomic E-state index is 0.108. The van der Waals surface area contributed by atoms with Crippen LogP contribution in [0.2, 0.25) is 0 Å². The number of rotatable bonds is 5. The first-order valence-electron chi connectivity index (χ1n) is 5.10. The van der Waals surface area contributed by atoms with Crippen molar-refractivity contribution in [3.05, 3.63) is 22.4 Å². The molecule has 0 radical (unpaired) electrons. The molecular weight excluding hydrogens is 208 g/mol. The Labute approximate surface area is 95.1 Å². The Morgan fingerprint density at radius 1 is 1.60 bits per heavy atom. The molecule has 84 valence electrons. The van der Waals surface area contributed by atoms with E-state index in [0.717, 1.165) is 0 Å². The molecule has 1 atom stereocenters. The van der Waals surface area contributed by atoms with Crippen molar-refractivity contribution in [1.29, 1.82) is 0 Å². The molecule has 3 nitrogen and oxygen atoms in total. The average molecular weight is 226 g/mol. The summed E-state index contributed by atoms with van der Waals surface area (Å²) in [4.78, 5) is 13.3. The first kappa shape index (κ1) is 12.2. The third-order valence-electron chi connectivity index (χ3n) is 2.36. The second-order valence-electron chi connectivity index (χ2n) is 3.69. The van der Waals surface area contributed by atoms with E-state index in [4.69, 9.17) is 0 Å². The van der Waals surface area contributed by atoms with Gasteiger partial charge in [0.25, 0.3) is 0 Å². The third kappa shape index (κ3) is 3.64. The van der Waals surface area contributed by atoms with Gasteiger partial charge in [0, 0.05) is 13.0 Å². The van der Waals surface area contributed by atoms with E-state index in [0.29, 0.717) is 13.0 Å². The fourth-order valence-electron chi connectivity index (χ4n) is 1.40. The lowest BCUT2D eigenvalue weighted by molar-refractivity contribution is -0.121. The van der Waals surface area contributed by atoms with E-state index in [2.05, 4.69) is 27.0 Å². The number of nitrogens with zero attached hydrogens (tertiary/aromatic N) is 1. The van der Waals surface area contributed by atoms with E-state index < -0.39 is 0 Å². The lowest BCUT2D eigenvalue weighted by Crippen LogP contribution is -2.33. The smallest absolute Gasteiger partial charge is 0.219 e. The first-order valence-corrected chi connectivity index (χ1v) is 6.04. The largest absolute Gasteiger partial charge is 0.354 e. The van der Waals surface area contributed by atoms with E-state index in [1.807, 2.05) is 21.0 Å². The van der Waals surface area contributed by atoms with Crippen LogP contribution in [-0.4, -0.2) is 31.4 Å². The van der Waals surface area contributed by atoms with E-state index in [1.165, 1.54) is 5.56 Å². The minimum absolute atomic E-state index is 0.108. The zero-order valence-electron chi connectivity index (χ0n) is 9.49. The van der Waals surface area contributed by atoms with Gasteiger partial charge in [-0.1, -0.05) is 6.92 Å². The van der Waals surface area contributed by atoms with Crippen molar-refractivity contribution in [1.82, 2.24) is 10.2 Å². The molecule has 15 heavy (non-hydrogen) atoms. The van der Waals surface area contributed by atoms with Gasteiger partial charge in [-0.3, -0.25) is 4.79 Å². The van der Waals surface area contributed by atoms with Gasteiger partial charge in [-0.2, -0.15) is 11.3 Å². The summed E-state index contributed by atoms with van der Waals surface area (Å²) in [5.74, 6) is 0.108. The molecule has 0 bridgehead atoms. The maximum Gasteiger partial charge on any atom is 0.219 e. The second-order valence-corrected chi connectivity index (χ2v) is 4.47. The van der Waals surface area contributed by atoms with Crippen LogP contribution in [0.25, 0.3) is 0 Å². The summed E-state index contributed by atoms with van der Waals surface area (Å²) in [5, 5.41) is 7.12. The molecule has 0 fully saturated rings. The van der Waals surface area contributed by atoms with Gasteiger partial charge in [0.1, 0.15) is 0 Å². The van der Waals surface area contributed by atoms with Gasteiger partial charge in [0.2, 0.25) is 5.91 Å². The van der Waals surface area contributed by atoms with Gasteiger partial charge in [0.15, 0.2) is 0 Å². The quantitative estimate of drug-likeness (QED) is 0.831. The minimum Gasteiger partial charge on any atom is -0.354 e.